The van der Waals surface area contributed by atoms with Gasteiger partial charge in [-0.1, -0.05) is 0 Å². The molecule has 1 fully saturated rings. The third-order valence-electron chi connectivity index (χ3n) is 3.12. The fourth-order valence-corrected chi connectivity index (χ4v) is 2.10. The molecule has 0 aromatic carbocycles. The van der Waals surface area contributed by atoms with Crippen molar-refractivity contribution in [2.45, 2.75) is 59.2 Å². The summed E-state index contributed by atoms with van der Waals surface area (Å²) in [6.07, 6.45) is -0.615. The number of amides is 1. The van der Waals surface area contributed by atoms with Crippen molar-refractivity contribution in [2.24, 2.45) is 5.41 Å². The number of carbonyl (C=O) groups is 3. The average molecular weight is 315 g/mol. The molecule has 1 aliphatic heterocycles. The Balaban J connectivity index is 2.90. The SMILES string of the molecule is CC(C)(C)OC(=O)N1CC[C@](C(=O)O)(C(=O)OC(C)(C)C)C1. The van der Waals surface area contributed by atoms with Crippen molar-refractivity contribution in [3.05, 3.63) is 0 Å². The lowest BCUT2D eigenvalue weighted by molar-refractivity contribution is -0.175. The van der Waals surface area contributed by atoms with E-state index in [2.05, 4.69) is 0 Å². The molecular weight excluding hydrogens is 290 g/mol. The second-order valence-electron chi connectivity index (χ2n) is 7.54. The highest BCUT2D eigenvalue weighted by Gasteiger charge is 2.55. The lowest BCUT2D eigenvalue weighted by Gasteiger charge is -2.28. The number of ether oxygens (including phenoxy) is 2. The third kappa shape index (κ3) is 4.35. The zero-order valence-corrected chi connectivity index (χ0v) is 14.1. The topological polar surface area (TPSA) is 93.1 Å². The monoisotopic (exact) mass is 315 g/mol. The molecule has 0 aromatic heterocycles. The Labute approximate surface area is 130 Å². The van der Waals surface area contributed by atoms with E-state index in [0.29, 0.717) is 0 Å². The van der Waals surface area contributed by atoms with Crippen LogP contribution in [0.2, 0.25) is 0 Å². The molecule has 22 heavy (non-hydrogen) atoms. The van der Waals surface area contributed by atoms with E-state index in [1.54, 1.807) is 41.5 Å². The average Bonchev–Trinajstić information content (AvgIpc) is 2.69. The number of esters is 1. The van der Waals surface area contributed by atoms with E-state index >= 15 is 0 Å². The molecule has 1 saturated heterocycles. The van der Waals surface area contributed by atoms with E-state index in [1.807, 2.05) is 0 Å². The molecule has 0 radical (unpaired) electrons. The minimum Gasteiger partial charge on any atom is -0.480 e. The van der Waals surface area contributed by atoms with Gasteiger partial charge in [-0.05, 0) is 48.0 Å². The van der Waals surface area contributed by atoms with Gasteiger partial charge >= 0.3 is 18.0 Å². The first-order valence-corrected chi connectivity index (χ1v) is 7.22. The molecule has 0 bridgehead atoms. The fourth-order valence-electron chi connectivity index (χ4n) is 2.10. The molecule has 1 heterocycles. The van der Waals surface area contributed by atoms with Crippen LogP contribution in [0.1, 0.15) is 48.0 Å². The minimum atomic E-state index is -1.73. The third-order valence-corrected chi connectivity index (χ3v) is 3.12. The number of aliphatic carboxylic acids is 1. The molecule has 1 amide bonds. The van der Waals surface area contributed by atoms with Crippen LogP contribution >= 0.6 is 0 Å². The summed E-state index contributed by atoms with van der Waals surface area (Å²) in [7, 11) is 0. The van der Waals surface area contributed by atoms with Crippen molar-refractivity contribution in [1.82, 2.24) is 4.90 Å². The van der Waals surface area contributed by atoms with Crippen LogP contribution in [0.4, 0.5) is 4.79 Å². The summed E-state index contributed by atoms with van der Waals surface area (Å²) in [4.78, 5) is 37.2. The van der Waals surface area contributed by atoms with Gasteiger partial charge in [0.2, 0.25) is 0 Å². The number of carboxylic acids is 1. The lowest BCUT2D eigenvalue weighted by atomic mass is 9.87. The van der Waals surface area contributed by atoms with Gasteiger partial charge < -0.3 is 19.5 Å². The van der Waals surface area contributed by atoms with Crippen molar-refractivity contribution >= 4 is 18.0 Å². The van der Waals surface area contributed by atoms with Gasteiger partial charge in [0.1, 0.15) is 11.2 Å². The van der Waals surface area contributed by atoms with E-state index in [1.165, 1.54) is 4.90 Å². The summed E-state index contributed by atoms with van der Waals surface area (Å²) in [6.45, 7) is 10.1. The van der Waals surface area contributed by atoms with Gasteiger partial charge in [-0.25, -0.2) is 4.79 Å². The molecule has 0 spiro atoms. The Kier molecular flexibility index (Phi) is 4.79. The predicted octanol–water partition coefficient (Wildman–Crippen LogP) is 2.04. The van der Waals surface area contributed by atoms with Crippen molar-refractivity contribution < 1.29 is 29.0 Å². The summed E-state index contributed by atoms with van der Waals surface area (Å²) >= 11 is 0. The lowest BCUT2D eigenvalue weighted by Crippen LogP contribution is -2.46. The van der Waals surface area contributed by atoms with E-state index in [-0.39, 0.29) is 19.5 Å². The minimum absolute atomic E-state index is 0.0104. The molecule has 7 heteroatoms. The molecule has 0 saturated carbocycles. The molecule has 1 aliphatic rings. The van der Waals surface area contributed by atoms with Crippen LogP contribution in [0.15, 0.2) is 0 Å². The maximum Gasteiger partial charge on any atom is 0.410 e. The molecule has 1 atom stereocenters. The summed E-state index contributed by atoms with van der Waals surface area (Å²) in [5.74, 6) is -2.11. The Hall–Kier alpha value is -1.79. The number of carboxylic acid groups (broad SMARTS) is 1. The number of carbonyl (C=O) groups excluding carboxylic acids is 2. The zero-order valence-electron chi connectivity index (χ0n) is 14.1. The van der Waals surface area contributed by atoms with Crippen LogP contribution < -0.4 is 0 Å². The number of hydrogen-bond donors (Lipinski definition) is 1. The van der Waals surface area contributed by atoms with Gasteiger partial charge in [-0.3, -0.25) is 9.59 Å². The second kappa shape index (κ2) is 5.78. The Bertz CT molecular complexity index is 473. The Morgan fingerprint density at radius 1 is 1.00 bits per heavy atom. The highest BCUT2D eigenvalue weighted by atomic mass is 16.6. The molecule has 1 N–H and O–H groups in total. The van der Waals surface area contributed by atoms with Crippen molar-refractivity contribution in [1.29, 1.82) is 0 Å². The summed E-state index contributed by atoms with van der Waals surface area (Å²) in [6, 6.07) is 0. The van der Waals surface area contributed by atoms with Gasteiger partial charge in [0, 0.05) is 6.54 Å². The smallest absolute Gasteiger partial charge is 0.410 e. The number of likely N-dealkylation sites (tertiary alicyclic amines) is 1. The largest absolute Gasteiger partial charge is 0.480 e. The molecule has 0 unspecified atom stereocenters. The van der Waals surface area contributed by atoms with Crippen LogP contribution in [0.5, 0.6) is 0 Å². The summed E-state index contributed by atoms with van der Waals surface area (Å²) in [5, 5.41) is 9.48. The highest BCUT2D eigenvalue weighted by Crippen LogP contribution is 2.34. The van der Waals surface area contributed by atoms with E-state index < -0.39 is 34.6 Å². The van der Waals surface area contributed by atoms with E-state index in [0.717, 1.165) is 0 Å². The Morgan fingerprint density at radius 3 is 1.91 bits per heavy atom. The van der Waals surface area contributed by atoms with Gasteiger partial charge in [-0.2, -0.15) is 0 Å². The van der Waals surface area contributed by atoms with Crippen molar-refractivity contribution in [3.8, 4) is 0 Å². The number of nitrogens with zero attached hydrogens (tertiary/aromatic N) is 1. The molecule has 0 aliphatic carbocycles. The van der Waals surface area contributed by atoms with Gasteiger partial charge in [0.05, 0.1) is 6.54 Å². The van der Waals surface area contributed by atoms with Crippen LogP contribution in [-0.2, 0) is 19.1 Å². The normalized spacial score (nSPS) is 22.4. The molecule has 126 valence electrons. The molecule has 1 rings (SSSR count). The zero-order chi connectivity index (χ0) is 17.3. The standard InChI is InChI=1S/C15H25NO6/c1-13(2,3)21-11(19)15(10(17)18)7-8-16(9-15)12(20)22-14(4,5)6/h7-9H2,1-6H3,(H,17,18)/t15-/m0/s1. The van der Waals surface area contributed by atoms with Crippen LogP contribution in [0.25, 0.3) is 0 Å². The molecule has 7 nitrogen and oxygen atoms in total. The maximum atomic E-state index is 12.3. The van der Waals surface area contributed by atoms with Gasteiger partial charge in [0.25, 0.3) is 0 Å². The molecular formula is C15H25NO6. The van der Waals surface area contributed by atoms with Crippen LogP contribution in [-0.4, -0.2) is 52.3 Å². The van der Waals surface area contributed by atoms with Crippen LogP contribution in [0, 0.1) is 5.41 Å². The van der Waals surface area contributed by atoms with Gasteiger partial charge in [0.15, 0.2) is 5.41 Å². The first-order chi connectivity index (χ1) is 9.77. The molecule has 0 aromatic rings. The van der Waals surface area contributed by atoms with Crippen molar-refractivity contribution in [3.63, 3.8) is 0 Å². The first-order valence-electron chi connectivity index (χ1n) is 7.22. The van der Waals surface area contributed by atoms with Crippen LogP contribution in [0.3, 0.4) is 0 Å². The number of rotatable bonds is 2. The van der Waals surface area contributed by atoms with E-state index in [9.17, 15) is 19.5 Å². The van der Waals surface area contributed by atoms with Crippen molar-refractivity contribution in [2.75, 3.05) is 13.1 Å². The summed E-state index contributed by atoms with van der Waals surface area (Å²) in [5.41, 5.74) is -3.21. The summed E-state index contributed by atoms with van der Waals surface area (Å²) < 4.78 is 10.4. The second-order valence-corrected chi connectivity index (χ2v) is 7.54. The Morgan fingerprint density at radius 2 is 1.50 bits per heavy atom. The van der Waals surface area contributed by atoms with E-state index in [4.69, 9.17) is 9.47 Å². The first kappa shape index (κ1) is 18.3. The van der Waals surface area contributed by atoms with Gasteiger partial charge in [-0.15, -0.1) is 0 Å². The highest BCUT2D eigenvalue weighted by molar-refractivity contribution is 6.00. The fraction of sp³-hybridized carbons (Fsp3) is 0.800. The number of hydrogen-bond acceptors (Lipinski definition) is 5. The quantitative estimate of drug-likeness (QED) is 0.619. The maximum absolute atomic E-state index is 12.3. The predicted molar refractivity (Wildman–Crippen MR) is 78.3 cm³/mol.